The molecular formula is C8H17NO. The largest absolute Gasteiger partial charge is 0.396 e. The molecule has 0 unspecified atom stereocenters. The molecule has 10 heavy (non-hydrogen) atoms. The lowest BCUT2D eigenvalue weighted by Crippen LogP contribution is -2.05. The first-order chi connectivity index (χ1) is 4.91. The van der Waals surface area contributed by atoms with Crippen LogP contribution in [0, 0.1) is 0 Å². The molecule has 2 heteroatoms. The molecule has 0 aromatic rings. The Balaban J connectivity index is 2.89. The van der Waals surface area contributed by atoms with E-state index in [1.54, 1.807) is 0 Å². The van der Waals surface area contributed by atoms with Crippen molar-refractivity contribution < 1.29 is 5.11 Å². The summed E-state index contributed by atoms with van der Waals surface area (Å²) < 4.78 is 0. The molecule has 0 radical (unpaired) electrons. The first kappa shape index (κ1) is 9.66. The van der Waals surface area contributed by atoms with Gasteiger partial charge in [-0.2, -0.15) is 0 Å². The van der Waals surface area contributed by atoms with Crippen LogP contribution in [0.3, 0.4) is 0 Å². The molecule has 0 fully saturated rings. The summed E-state index contributed by atoms with van der Waals surface area (Å²) in [5, 5.41) is 11.5. The van der Waals surface area contributed by atoms with Gasteiger partial charge in [-0.05, 0) is 32.9 Å². The number of rotatable bonds is 6. The maximum atomic E-state index is 8.42. The number of nitrogens with one attached hydrogen (secondary N) is 1. The van der Waals surface area contributed by atoms with Gasteiger partial charge in [-0.1, -0.05) is 12.2 Å². The molecule has 0 aliphatic rings. The highest BCUT2D eigenvalue weighted by atomic mass is 16.2. The minimum Gasteiger partial charge on any atom is -0.396 e. The molecule has 0 heterocycles. The van der Waals surface area contributed by atoms with Gasteiger partial charge in [-0.25, -0.2) is 0 Å². The van der Waals surface area contributed by atoms with Crippen molar-refractivity contribution in [2.24, 2.45) is 0 Å². The molecule has 0 rings (SSSR count). The van der Waals surface area contributed by atoms with Gasteiger partial charge in [0.2, 0.25) is 0 Å². The van der Waals surface area contributed by atoms with Crippen molar-refractivity contribution in [1.29, 1.82) is 0 Å². The Kier molecular flexibility index (Phi) is 8.37. The smallest absolute Gasteiger partial charge is 0.0433 e. The summed E-state index contributed by atoms with van der Waals surface area (Å²) in [6.45, 7) is 1.34. The minimum atomic E-state index is 0.302. The van der Waals surface area contributed by atoms with Crippen LogP contribution in [0.1, 0.15) is 19.3 Å². The van der Waals surface area contributed by atoms with Crippen LogP contribution in [-0.2, 0) is 0 Å². The second-order valence-corrected chi connectivity index (χ2v) is 2.23. The molecule has 0 bridgehead atoms. The lowest BCUT2D eigenvalue weighted by atomic mass is 10.3. The van der Waals surface area contributed by atoms with Crippen LogP contribution < -0.4 is 5.32 Å². The normalized spacial score (nSPS) is 11.0. The molecule has 0 aromatic heterocycles. The molecule has 0 atom stereocenters. The zero-order chi connectivity index (χ0) is 7.66. The van der Waals surface area contributed by atoms with E-state index >= 15 is 0 Å². The predicted molar refractivity (Wildman–Crippen MR) is 44.0 cm³/mol. The Labute approximate surface area is 62.9 Å². The van der Waals surface area contributed by atoms with Gasteiger partial charge in [-0.15, -0.1) is 0 Å². The molecule has 2 N–H and O–H groups in total. The molecule has 60 valence electrons. The summed E-state index contributed by atoms with van der Waals surface area (Å²) in [5.41, 5.74) is 0. The van der Waals surface area contributed by atoms with Crippen LogP contribution in [-0.4, -0.2) is 25.3 Å². The number of hydrogen-bond acceptors (Lipinski definition) is 2. The summed E-state index contributed by atoms with van der Waals surface area (Å²) in [5.74, 6) is 0. The van der Waals surface area contributed by atoms with Crippen LogP contribution in [0.2, 0.25) is 0 Å². The topological polar surface area (TPSA) is 32.3 Å². The summed E-state index contributed by atoms with van der Waals surface area (Å²) >= 11 is 0. The number of aliphatic hydroxyl groups is 1. The third-order valence-corrected chi connectivity index (χ3v) is 1.26. The Morgan fingerprint density at radius 1 is 1.30 bits per heavy atom. The van der Waals surface area contributed by atoms with E-state index in [1.807, 2.05) is 7.05 Å². The highest BCUT2D eigenvalue weighted by molar-refractivity contribution is 4.81. The van der Waals surface area contributed by atoms with Crippen molar-refractivity contribution in [3.8, 4) is 0 Å². The fourth-order valence-electron chi connectivity index (χ4n) is 0.673. The van der Waals surface area contributed by atoms with Gasteiger partial charge >= 0.3 is 0 Å². The van der Waals surface area contributed by atoms with Crippen molar-refractivity contribution in [2.75, 3.05) is 20.2 Å². The van der Waals surface area contributed by atoms with Crippen molar-refractivity contribution in [3.63, 3.8) is 0 Å². The van der Waals surface area contributed by atoms with Gasteiger partial charge in [0.1, 0.15) is 0 Å². The molecule has 2 nitrogen and oxygen atoms in total. The molecule has 0 aliphatic heterocycles. The van der Waals surface area contributed by atoms with E-state index in [0.29, 0.717) is 6.61 Å². The van der Waals surface area contributed by atoms with Crippen LogP contribution in [0.5, 0.6) is 0 Å². The van der Waals surface area contributed by atoms with Crippen molar-refractivity contribution in [3.05, 3.63) is 12.2 Å². The maximum Gasteiger partial charge on any atom is 0.0433 e. The Hall–Kier alpha value is -0.340. The lowest BCUT2D eigenvalue weighted by molar-refractivity contribution is 0.289. The number of allylic oxidation sites excluding steroid dienone is 1. The predicted octanol–water partition coefficient (Wildman–Crippen LogP) is 0.925. The summed E-state index contributed by atoms with van der Waals surface area (Å²) in [4.78, 5) is 0. The summed E-state index contributed by atoms with van der Waals surface area (Å²) in [6.07, 6.45) is 7.23. The maximum absolute atomic E-state index is 8.42. The number of aliphatic hydroxyl groups excluding tert-OH is 1. The first-order valence-corrected chi connectivity index (χ1v) is 3.82. The second-order valence-electron chi connectivity index (χ2n) is 2.23. The van der Waals surface area contributed by atoms with Crippen molar-refractivity contribution in [1.82, 2.24) is 5.32 Å². The molecular weight excluding hydrogens is 126 g/mol. The van der Waals surface area contributed by atoms with E-state index in [0.717, 1.165) is 25.8 Å². The average Bonchev–Trinajstić information content (AvgIpc) is 1.97. The van der Waals surface area contributed by atoms with E-state index in [9.17, 15) is 0 Å². The summed E-state index contributed by atoms with van der Waals surface area (Å²) in [7, 11) is 1.95. The minimum absolute atomic E-state index is 0.302. The molecule has 0 aromatic carbocycles. The zero-order valence-electron chi connectivity index (χ0n) is 6.64. The SMILES string of the molecule is CNCC/C=C\CCCO. The van der Waals surface area contributed by atoms with Gasteiger partial charge in [0.05, 0.1) is 0 Å². The van der Waals surface area contributed by atoms with Gasteiger partial charge in [-0.3, -0.25) is 0 Å². The van der Waals surface area contributed by atoms with E-state index in [-0.39, 0.29) is 0 Å². The zero-order valence-corrected chi connectivity index (χ0v) is 6.64. The van der Waals surface area contributed by atoms with Crippen LogP contribution in [0.4, 0.5) is 0 Å². The average molecular weight is 143 g/mol. The van der Waals surface area contributed by atoms with Gasteiger partial charge < -0.3 is 10.4 Å². The quantitative estimate of drug-likeness (QED) is 0.428. The van der Waals surface area contributed by atoms with Gasteiger partial charge in [0.25, 0.3) is 0 Å². The molecule has 0 saturated carbocycles. The monoisotopic (exact) mass is 143 g/mol. The van der Waals surface area contributed by atoms with E-state index < -0.39 is 0 Å². The number of unbranched alkanes of at least 4 members (excludes halogenated alkanes) is 1. The molecule has 0 saturated heterocycles. The van der Waals surface area contributed by atoms with Crippen molar-refractivity contribution >= 4 is 0 Å². The standard InChI is InChI=1S/C8H17NO/c1-9-7-5-3-2-4-6-8-10/h2-3,9-10H,4-8H2,1H3/b3-2-. The third-order valence-electron chi connectivity index (χ3n) is 1.26. The summed E-state index contributed by atoms with van der Waals surface area (Å²) in [6, 6.07) is 0. The first-order valence-electron chi connectivity index (χ1n) is 3.82. The van der Waals surface area contributed by atoms with Crippen molar-refractivity contribution in [2.45, 2.75) is 19.3 Å². The number of hydrogen-bond donors (Lipinski definition) is 2. The highest BCUT2D eigenvalue weighted by Gasteiger charge is 1.78. The molecule has 0 amide bonds. The van der Waals surface area contributed by atoms with Crippen LogP contribution in [0.25, 0.3) is 0 Å². The molecule has 0 spiro atoms. The van der Waals surface area contributed by atoms with E-state index in [4.69, 9.17) is 5.11 Å². The van der Waals surface area contributed by atoms with Crippen LogP contribution in [0.15, 0.2) is 12.2 Å². The fourth-order valence-corrected chi connectivity index (χ4v) is 0.673. The second kappa shape index (κ2) is 8.66. The Morgan fingerprint density at radius 3 is 2.60 bits per heavy atom. The lowest BCUT2D eigenvalue weighted by Gasteiger charge is -1.91. The Morgan fingerprint density at radius 2 is 2.00 bits per heavy atom. The van der Waals surface area contributed by atoms with Gasteiger partial charge in [0.15, 0.2) is 0 Å². The van der Waals surface area contributed by atoms with Gasteiger partial charge in [0, 0.05) is 6.61 Å². The third kappa shape index (κ3) is 7.66. The van der Waals surface area contributed by atoms with E-state index in [2.05, 4.69) is 17.5 Å². The highest BCUT2D eigenvalue weighted by Crippen LogP contribution is 1.90. The molecule has 0 aliphatic carbocycles. The Bertz CT molecular complexity index is 71.3. The van der Waals surface area contributed by atoms with E-state index in [1.165, 1.54) is 0 Å². The van der Waals surface area contributed by atoms with Crippen LogP contribution >= 0.6 is 0 Å². The fraction of sp³-hybridized carbons (Fsp3) is 0.750.